The van der Waals surface area contributed by atoms with Gasteiger partial charge in [0.25, 0.3) is 0 Å². The fourth-order valence-electron chi connectivity index (χ4n) is 2.30. The lowest BCUT2D eigenvalue weighted by Gasteiger charge is -2.19. The normalized spacial score (nSPS) is 20.7. The molecular formula is C12H17Cl3N4. The van der Waals surface area contributed by atoms with Crippen molar-refractivity contribution < 1.29 is 0 Å². The molecule has 1 aromatic rings. The molecule has 2 heterocycles. The molecule has 1 fully saturated rings. The Labute approximate surface area is 128 Å². The van der Waals surface area contributed by atoms with Gasteiger partial charge in [0.1, 0.15) is 0 Å². The van der Waals surface area contributed by atoms with Crippen molar-refractivity contribution in [2.45, 2.75) is 29.1 Å². The van der Waals surface area contributed by atoms with E-state index in [-0.39, 0.29) is 0 Å². The number of hydrogen-bond acceptors (Lipinski definition) is 4. The van der Waals surface area contributed by atoms with E-state index < -0.39 is 3.79 Å². The van der Waals surface area contributed by atoms with Gasteiger partial charge in [0.2, 0.25) is 9.74 Å². The highest BCUT2D eigenvalue weighted by atomic mass is 35.6. The number of hydrogen-bond donors (Lipinski definition) is 1. The van der Waals surface area contributed by atoms with Crippen LogP contribution >= 0.6 is 34.8 Å². The minimum atomic E-state index is -1.51. The third-order valence-electron chi connectivity index (χ3n) is 3.38. The molecule has 0 aromatic carbocycles. The summed E-state index contributed by atoms with van der Waals surface area (Å²) in [5.41, 5.74) is 0.382. The molecule has 0 aliphatic carbocycles. The maximum atomic E-state index is 5.79. The first-order valence-electron chi connectivity index (χ1n) is 6.31. The summed E-state index contributed by atoms with van der Waals surface area (Å²) < 4.78 is -1.51. The quantitative estimate of drug-likeness (QED) is 0.864. The van der Waals surface area contributed by atoms with Crippen LogP contribution in [0.5, 0.6) is 0 Å². The van der Waals surface area contributed by atoms with E-state index in [1.807, 2.05) is 0 Å². The summed E-state index contributed by atoms with van der Waals surface area (Å²) in [6.45, 7) is 2.00. The van der Waals surface area contributed by atoms with E-state index in [0.29, 0.717) is 17.7 Å². The molecule has 1 unspecified atom stereocenters. The van der Waals surface area contributed by atoms with Crippen LogP contribution in [0.2, 0.25) is 0 Å². The maximum absolute atomic E-state index is 5.79. The van der Waals surface area contributed by atoms with Crippen molar-refractivity contribution in [1.29, 1.82) is 0 Å². The first-order valence-corrected chi connectivity index (χ1v) is 7.44. The summed E-state index contributed by atoms with van der Waals surface area (Å²) in [7, 11) is 2.16. The number of rotatable bonds is 4. The lowest BCUT2D eigenvalue weighted by atomic mass is 10.1. The molecule has 0 saturated carbocycles. The van der Waals surface area contributed by atoms with E-state index in [0.717, 1.165) is 13.0 Å². The Hall–Kier alpha value is -0.290. The average Bonchev–Trinajstić information content (AvgIpc) is 2.75. The Balaban J connectivity index is 1.86. The molecule has 4 nitrogen and oxygen atoms in total. The van der Waals surface area contributed by atoms with Gasteiger partial charge in [0.05, 0.1) is 5.69 Å². The van der Waals surface area contributed by atoms with Gasteiger partial charge >= 0.3 is 0 Å². The smallest absolute Gasteiger partial charge is 0.232 e. The second kappa shape index (κ2) is 6.44. The molecule has 0 amide bonds. The third kappa shape index (κ3) is 4.35. The van der Waals surface area contributed by atoms with Crippen LogP contribution in [-0.4, -0.2) is 41.0 Å². The molecule has 2 rings (SSSR count). The summed E-state index contributed by atoms with van der Waals surface area (Å²) >= 11 is 17.4. The highest BCUT2D eigenvalue weighted by Gasteiger charge is 2.25. The van der Waals surface area contributed by atoms with Crippen molar-refractivity contribution in [2.75, 3.05) is 25.5 Å². The minimum Gasteiger partial charge on any atom is -0.354 e. The minimum absolute atomic E-state index is 0.382. The van der Waals surface area contributed by atoms with E-state index in [4.69, 9.17) is 34.8 Å². The third-order valence-corrected chi connectivity index (χ3v) is 3.96. The molecule has 0 bridgehead atoms. The van der Waals surface area contributed by atoms with Crippen molar-refractivity contribution in [3.63, 3.8) is 0 Å². The van der Waals surface area contributed by atoms with Crippen molar-refractivity contribution in [2.24, 2.45) is 0 Å². The highest BCUT2D eigenvalue weighted by molar-refractivity contribution is 6.66. The predicted molar refractivity (Wildman–Crippen MR) is 80.0 cm³/mol. The van der Waals surface area contributed by atoms with Crippen molar-refractivity contribution in [3.8, 4) is 0 Å². The van der Waals surface area contributed by atoms with E-state index in [1.165, 1.54) is 19.4 Å². The molecule has 1 atom stereocenters. The Bertz CT molecular complexity index is 422. The Morgan fingerprint density at radius 1 is 1.47 bits per heavy atom. The summed E-state index contributed by atoms with van der Waals surface area (Å²) in [5, 5.41) is 3.18. The summed E-state index contributed by atoms with van der Waals surface area (Å²) in [6, 6.07) is 2.24. The van der Waals surface area contributed by atoms with Gasteiger partial charge in [-0.05, 0) is 38.9 Å². The Kier molecular flexibility index (Phi) is 5.12. The topological polar surface area (TPSA) is 41.0 Å². The van der Waals surface area contributed by atoms with Gasteiger partial charge in [-0.15, -0.1) is 0 Å². The zero-order chi connectivity index (χ0) is 13.9. The van der Waals surface area contributed by atoms with Gasteiger partial charge in [-0.2, -0.15) is 0 Å². The largest absolute Gasteiger partial charge is 0.354 e. The van der Waals surface area contributed by atoms with Gasteiger partial charge < -0.3 is 10.2 Å². The van der Waals surface area contributed by atoms with E-state index in [9.17, 15) is 0 Å². The first-order chi connectivity index (χ1) is 8.97. The number of likely N-dealkylation sites (tertiary alicyclic amines) is 1. The van der Waals surface area contributed by atoms with Crippen molar-refractivity contribution in [3.05, 3.63) is 18.0 Å². The van der Waals surface area contributed by atoms with Crippen molar-refractivity contribution >= 4 is 40.8 Å². The monoisotopic (exact) mass is 322 g/mol. The second-order valence-corrected chi connectivity index (χ2v) is 7.04. The van der Waals surface area contributed by atoms with Gasteiger partial charge in [0, 0.05) is 18.8 Å². The zero-order valence-corrected chi connectivity index (χ0v) is 13.0. The van der Waals surface area contributed by atoms with Crippen LogP contribution in [-0.2, 0) is 3.79 Å². The second-order valence-electron chi connectivity index (χ2n) is 4.76. The van der Waals surface area contributed by atoms with E-state index in [2.05, 4.69) is 27.2 Å². The molecule has 1 saturated heterocycles. The number of nitrogens with zero attached hydrogens (tertiary/aromatic N) is 3. The number of alkyl halides is 3. The number of halogens is 3. The lowest BCUT2D eigenvalue weighted by molar-refractivity contribution is 0.301. The SMILES string of the molecule is CN1CCCC1CCNc1nccc(C(Cl)(Cl)Cl)n1. The maximum Gasteiger partial charge on any atom is 0.232 e. The fourth-order valence-corrected chi connectivity index (χ4v) is 2.61. The number of aromatic nitrogens is 2. The molecule has 1 aromatic heterocycles. The first kappa shape index (κ1) is 15.1. The van der Waals surface area contributed by atoms with Crippen LogP contribution in [0.3, 0.4) is 0 Å². The van der Waals surface area contributed by atoms with Gasteiger partial charge in [-0.1, -0.05) is 34.8 Å². The van der Waals surface area contributed by atoms with Gasteiger partial charge in [-0.3, -0.25) is 0 Å². The Morgan fingerprint density at radius 3 is 2.89 bits per heavy atom. The van der Waals surface area contributed by atoms with Crippen LogP contribution in [0.1, 0.15) is 25.0 Å². The van der Waals surface area contributed by atoms with Crippen LogP contribution < -0.4 is 5.32 Å². The number of nitrogens with one attached hydrogen (secondary N) is 1. The molecule has 19 heavy (non-hydrogen) atoms. The highest BCUT2D eigenvalue weighted by Crippen LogP contribution is 2.36. The van der Waals surface area contributed by atoms with Crippen molar-refractivity contribution in [1.82, 2.24) is 14.9 Å². The van der Waals surface area contributed by atoms with Crippen LogP contribution in [0.15, 0.2) is 12.3 Å². The lowest BCUT2D eigenvalue weighted by Crippen LogP contribution is -2.27. The average molecular weight is 324 g/mol. The molecule has 0 spiro atoms. The molecule has 106 valence electrons. The molecule has 7 heteroatoms. The predicted octanol–water partition coefficient (Wildman–Crippen LogP) is 3.20. The molecular weight excluding hydrogens is 307 g/mol. The molecule has 1 aliphatic heterocycles. The molecule has 0 radical (unpaired) electrons. The fraction of sp³-hybridized carbons (Fsp3) is 0.667. The Morgan fingerprint density at radius 2 is 2.26 bits per heavy atom. The van der Waals surface area contributed by atoms with Gasteiger partial charge in [-0.25, -0.2) is 9.97 Å². The van der Waals surface area contributed by atoms with Crippen LogP contribution in [0.4, 0.5) is 5.95 Å². The van der Waals surface area contributed by atoms with Gasteiger partial charge in [0.15, 0.2) is 0 Å². The van der Waals surface area contributed by atoms with E-state index >= 15 is 0 Å². The standard InChI is InChI=1S/C12H17Cl3N4/c1-19-8-2-3-9(19)4-6-16-11-17-7-5-10(18-11)12(13,14)15/h5,7,9H,2-4,6,8H2,1H3,(H,16,17,18). The van der Waals surface area contributed by atoms with Crippen LogP contribution in [0.25, 0.3) is 0 Å². The molecule has 1 aliphatic rings. The molecule has 1 N–H and O–H groups in total. The number of anilines is 1. The van der Waals surface area contributed by atoms with Crippen LogP contribution in [0, 0.1) is 0 Å². The summed E-state index contributed by atoms with van der Waals surface area (Å²) in [5.74, 6) is 0.504. The van der Waals surface area contributed by atoms with E-state index in [1.54, 1.807) is 12.3 Å². The summed E-state index contributed by atoms with van der Waals surface area (Å²) in [4.78, 5) is 10.7. The zero-order valence-electron chi connectivity index (χ0n) is 10.7. The summed E-state index contributed by atoms with van der Waals surface area (Å²) in [6.07, 6.45) is 5.19.